The van der Waals surface area contributed by atoms with Crippen molar-refractivity contribution in [1.29, 1.82) is 0 Å². The molecule has 8 heteroatoms. The molecule has 0 heterocycles. The summed E-state index contributed by atoms with van der Waals surface area (Å²) >= 11 is 0. The second kappa shape index (κ2) is 20.3. The first-order chi connectivity index (χ1) is 11.8. The maximum absolute atomic E-state index is 10.3. The van der Waals surface area contributed by atoms with Gasteiger partial charge >= 0.3 is 5.97 Å². The fourth-order valence-electron chi connectivity index (χ4n) is 2.41. The molecule has 0 rings (SSSR count). The van der Waals surface area contributed by atoms with Gasteiger partial charge in [0.15, 0.2) is 0 Å². The molecule has 0 amide bonds. The first-order valence-electron chi connectivity index (χ1n) is 9.03. The Balaban J connectivity index is 2.97. The Morgan fingerprint density at radius 2 is 1.33 bits per heavy atom. The van der Waals surface area contributed by atoms with Crippen molar-refractivity contribution in [3.8, 4) is 0 Å². The van der Waals surface area contributed by atoms with E-state index in [9.17, 15) is 4.79 Å². The van der Waals surface area contributed by atoms with E-state index in [-0.39, 0.29) is 6.42 Å². The Labute approximate surface area is 144 Å². The predicted molar refractivity (Wildman–Crippen MR) is 89.8 cm³/mol. The van der Waals surface area contributed by atoms with Gasteiger partial charge < -0.3 is 10.4 Å². The van der Waals surface area contributed by atoms with Gasteiger partial charge in [-0.15, -0.1) is 0 Å². The van der Waals surface area contributed by atoms with Crippen molar-refractivity contribution < 1.29 is 30.0 Å². The second-order valence-corrected chi connectivity index (χ2v) is 5.87. The van der Waals surface area contributed by atoms with Gasteiger partial charge in [0.2, 0.25) is 0 Å². The average Bonchev–Trinajstić information content (AvgIpc) is 2.56. The van der Waals surface area contributed by atoms with Crippen LogP contribution in [0.2, 0.25) is 0 Å². The molecule has 0 bridgehead atoms. The Morgan fingerprint density at radius 3 is 1.92 bits per heavy atom. The SMILES string of the molecule is O=C(O)CCCNCCCCCCCCCCCCONOOO. The first-order valence-corrected chi connectivity index (χ1v) is 9.03. The molecule has 4 N–H and O–H groups in total. The van der Waals surface area contributed by atoms with Gasteiger partial charge in [-0.25, -0.2) is 5.26 Å². The van der Waals surface area contributed by atoms with Crippen molar-refractivity contribution in [2.75, 3.05) is 19.7 Å². The monoisotopic (exact) mass is 350 g/mol. The van der Waals surface area contributed by atoms with Crippen LogP contribution in [0.4, 0.5) is 0 Å². The summed E-state index contributed by atoms with van der Waals surface area (Å²) < 4.78 is 0. The Bertz CT molecular complexity index is 269. The Hall–Kier alpha value is -0.770. The molecule has 0 aromatic carbocycles. The summed E-state index contributed by atoms with van der Waals surface area (Å²) in [5.74, 6) is -0.718. The zero-order valence-electron chi connectivity index (χ0n) is 14.6. The third-order valence-electron chi connectivity index (χ3n) is 3.72. The molecular weight excluding hydrogens is 316 g/mol. The third kappa shape index (κ3) is 21.2. The standard InChI is InChI=1S/C16H34N2O6/c19-16(20)12-11-14-17-13-9-7-5-3-1-2-4-6-8-10-15-22-18-23-24-21/h17-18,21H,1-15H2,(H,19,20). The fraction of sp³-hybridized carbons (Fsp3) is 0.938. The molecule has 0 atom stereocenters. The van der Waals surface area contributed by atoms with Gasteiger partial charge in [-0.2, -0.15) is 0 Å². The molecule has 0 saturated carbocycles. The van der Waals surface area contributed by atoms with E-state index >= 15 is 0 Å². The number of hydrogen-bond acceptors (Lipinski definition) is 7. The van der Waals surface area contributed by atoms with Crippen LogP contribution in [0.5, 0.6) is 0 Å². The highest BCUT2D eigenvalue weighted by Crippen LogP contribution is 2.10. The summed E-state index contributed by atoms with van der Waals surface area (Å²) in [6, 6.07) is 0. The zero-order chi connectivity index (χ0) is 17.7. The number of aliphatic carboxylic acids is 1. The van der Waals surface area contributed by atoms with E-state index in [0.717, 1.165) is 25.9 Å². The highest BCUT2D eigenvalue weighted by atomic mass is 17.5. The number of carbonyl (C=O) groups is 1. The van der Waals surface area contributed by atoms with Crippen LogP contribution in [0, 0.1) is 0 Å². The summed E-state index contributed by atoms with van der Waals surface area (Å²) in [7, 11) is 0. The maximum atomic E-state index is 10.3. The molecule has 0 radical (unpaired) electrons. The molecule has 0 spiro atoms. The number of rotatable bonds is 20. The highest BCUT2D eigenvalue weighted by molar-refractivity contribution is 5.66. The van der Waals surface area contributed by atoms with Crippen molar-refractivity contribution in [3.05, 3.63) is 0 Å². The summed E-state index contributed by atoms with van der Waals surface area (Å²) in [6.07, 6.45) is 13.1. The van der Waals surface area contributed by atoms with Crippen LogP contribution >= 0.6 is 0 Å². The maximum Gasteiger partial charge on any atom is 0.303 e. The van der Waals surface area contributed by atoms with Gasteiger partial charge in [0.25, 0.3) is 0 Å². The van der Waals surface area contributed by atoms with Gasteiger partial charge in [0, 0.05) is 6.42 Å². The number of hydrogen-bond donors (Lipinski definition) is 4. The van der Waals surface area contributed by atoms with E-state index < -0.39 is 5.97 Å². The van der Waals surface area contributed by atoms with Gasteiger partial charge in [0.1, 0.15) is 0 Å². The molecule has 0 saturated heterocycles. The largest absolute Gasteiger partial charge is 0.481 e. The van der Waals surface area contributed by atoms with E-state index in [1.54, 1.807) is 0 Å². The fourth-order valence-corrected chi connectivity index (χ4v) is 2.41. The summed E-state index contributed by atoms with van der Waals surface area (Å²) in [5.41, 5.74) is 1.99. The molecule has 0 aliphatic rings. The van der Waals surface area contributed by atoms with Crippen LogP contribution in [0.15, 0.2) is 0 Å². The van der Waals surface area contributed by atoms with Gasteiger partial charge in [-0.3, -0.25) is 9.63 Å². The highest BCUT2D eigenvalue weighted by Gasteiger charge is 1.96. The summed E-state index contributed by atoms with van der Waals surface area (Å²) in [6.45, 7) is 2.31. The zero-order valence-corrected chi connectivity index (χ0v) is 14.6. The average molecular weight is 350 g/mol. The van der Waals surface area contributed by atoms with Crippen LogP contribution in [0.3, 0.4) is 0 Å². The minimum Gasteiger partial charge on any atom is -0.481 e. The van der Waals surface area contributed by atoms with Crippen LogP contribution in [0.1, 0.15) is 77.0 Å². The molecule has 0 aromatic rings. The third-order valence-corrected chi connectivity index (χ3v) is 3.72. The minimum absolute atomic E-state index is 0.254. The van der Waals surface area contributed by atoms with Crippen molar-refractivity contribution >= 4 is 5.97 Å². The van der Waals surface area contributed by atoms with E-state index in [1.807, 2.05) is 5.64 Å². The van der Waals surface area contributed by atoms with E-state index in [1.165, 1.54) is 51.4 Å². The minimum atomic E-state index is -0.718. The lowest BCUT2D eigenvalue weighted by molar-refractivity contribution is -0.543. The summed E-state index contributed by atoms with van der Waals surface area (Å²) in [4.78, 5) is 19.1. The van der Waals surface area contributed by atoms with Crippen molar-refractivity contribution in [2.24, 2.45) is 0 Å². The second-order valence-electron chi connectivity index (χ2n) is 5.87. The Kier molecular flexibility index (Phi) is 19.6. The first kappa shape index (κ1) is 23.2. The lowest BCUT2D eigenvalue weighted by Crippen LogP contribution is -2.17. The van der Waals surface area contributed by atoms with E-state index in [4.69, 9.17) is 15.2 Å². The molecule has 24 heavy (non-hydrogen) atoms. The lowest BCUT2D eigenvalue weighted by atomic mass is 10.1. The van der Waals surface area contributed by atoms with Crippen molar-refractivity contribution in [3.63, 3.8) is 0 Å². The van der Waals surface area contributed by atoms with E-state index in [0.29, 0.717) is 13.0 Å². The van der Waals surface area contributed by atoms with E-state index in [2.05, 4.69) is 15.3 Å². The normalized spacial score (nSPS) is 11.0. The number of unbranched alkanes of at least 4 members (excludes halogenated alkanes) is 9. The molecule has 0 aliphatic heterocycles. The molecule has 0 aliphatic carbocycles. The lowest BCUT2D eigenvalue weighted by Gasteiger charge is -2.05. The number of carboxylic acids is 1. The quantitative estimate of drug-likeness (QED) is 0.151. The van der Waals surface area contributed by atoms with Crippen LogP contribution in [-0.4, -0.2) is 36.0 Å². The van der Waals surface area contributed by atoms with Crippen molar-refractivity contribution in [1.82, 2.24) is 11.0 Å². The van der Waals surface area contributed by atoms with Gasteiger partial charge in [-0.05, 0) is 43.0 Å². The van der Waals surface area contributed by atoms with Gasteiger partial charge in [-0.1, -0.05) is 56.4 Å². The predicted octanol–water partition coefficient (Wildman–Crippen LogP) is 3.20. The number of carboxylic acid groups (broad SMARTS) is 1. The van der Waals surface area contributed by atoms with Gasteiger partial charge in [0.05, 0.1) is 6.61 Å². The number of nitrogens with one attached hydrogen (secondary N) is 2. The molecule has 0 aromatic heterocycles. The molecule has 0 fully saturated rings. The van der Waals surface area contributed by atoms with Crippen LogP contribution in [0.25, 0.3) is 0 Å². The van der Waals surface area contributed by atoms with Crippen LogP contribution in [-0.2, 0) is 19.7 Å². The molecule has 8 nitrogen and oxygen atoms in total. The smallest absolute Gasteiger partial charge is 0.303 e. The molecular formula is C16H34N2O6. The molecule has 0 unspecified atom stereocenters. The molecule has 144 valence electrons. The van der Waals surface area contributed by atoms with Crippen LogP contribution < -0.4 is 11.0 Å². The topological polar surface area (TPSA) is 109 Å². The Morgan fingerprint density at radius 1 is 0.792 bits per heavy atom. The van der Waals surface area contributed by atoms with Crippen molar-refractivity contribution in [2.45, 2.75) is 77.0 Å². The summed E-state index contributed by atoms with van der Waals surface area (Å²) in [5, 5.41) is 22.9.